The number of ether oxygens (including phenoxy) is 3. The van der Waals surface area contributed by atoms with Crippen LogP contribution in [0.5, 0.6) is 17.2 Å². The van der Waals surface area contributed by atoms with Crippen LogP contribution in [0.25, 0.3) is 0 Å². The van der Waals surface area contributed by atoms with Crippen molar-refractivity contribution in [3.63, 3.8) is 0 Å². The zero-order valence-corrected chi connectivity index (χ0v) is 14.6. The van der Waals surface area contributed by atoms with Crippen molar-refractivity contribution in [3.8, 4) is 17.2 Å². The number of carboxylic acid groups (broad SMARTS) is 1. The molecule has 9 nitrogen and oxygen atoms in total. The Morgan fingerprint density at radius 3 is 2.48 bits per heavy atom. The van der Waals surface area contributed by atoms with Crippen LogP contribution in [0.15, 0.2) is 22.3 Å². The molecule has 0 bridgehead atoms. The first-order chi connectivity index (χ1) is 12.0. The second kappa shape index (κ2) is 8.38. The minimum Gasteiger partial charge on any atom is -0.496 e. The molecule has 25 heavy (non-hydrogen) atoms. The highest BCUT2D eigenvalue weighted by Gasteiger charge is 2.32. The molecule has 1 atom stereocenters. The Morgan fingerprint density at radius 2 is 1.88 bits per heavy atom. The fourth-order valence-electron chi connectivity index (χ4n) is 2.04. The number of aliphatic carboxylic acids is 1. The molecule has 1 amide bonds. The molecule has 10 heteroatoms. The van der Waals surface area contributed by atoms with Crippen LogP contribution in [-0.4, -0.2) is 54.9 Å². The highest BCUT2D eigenvalue weighted by Crippen LogP contribution is 2.33. The molecule has 1 fully saturated rings. The highest BCUT2D eigenvalue weighted by atomic mass is 32.2. The molecule has 1 aromatic carbocycles. The van der Waals surface area contributed by atoms with E-state index in [9.17, 15) is 9.59 Å². The number of carboxylic acids is 1. The number of nitrogens with one attached hydrogen (secondary N) is 1. The minimum atomic E-state index is -1.05. The van der Waals surface area contributed by atoms with Gasteiger partial charge in [0.05, 0.1) is 34.0 Å². The minimum absolute atomic E-state index is 0.243. The smallest absolute Gasteiger partial charge is 0.305 e. The monoisotopic (exact) mass is 367 g/mol. The van der Waals surface area contributed by atoms with E-state index in [1.165, 1.54) is 27.5 Å². The number of thioether (sulfide) groups is 1. The number of hydrogen-bond acceptors (Lipinski definition) is 8. The average molecular weight is 367 g/mol. The van der Waals surface area contributed by atoms with Crippen LogP contribution in [0.2, 0.25) is 0 Å². The summed E-state index contributed by atoms with van der Waals surface area (Å²) in [7, 11) is 4.54. The summed E-state index contributed by atoms with van der Waals surface area (Å²) < 4.78 is 15.7. The Kier molecular flexibility index (Phi) is 6.23. The predicted octanol–water partition coefficient (Wildman–Crippen LogP) is 1.11. The lowest BCUT2D eigenvalue weighted by Crippen LogP contribution is -2.26. The van der Waals surface area contributed by atoms with E-state index in [2.05, 4.69) is 15.5 Å². The molecule has 2 N–H and O–H groups in total. The first-order valence-electron chi connectivity index (χ1n) is 7.08. The fraction of sp³-hybridized carbons (Fsp3) is 0.333. The number of amidine groups is 1. The van der Waals surface area contributed by atoms with Crippen LogP contribution in [-0.2, 0) is 9.59 Å². The van der Waals surface area contributed by atoms with Crippen LogP contribution in [0.1, 0.15) is 12.0 Å². The van der Waals surface area contributed by atoms with E-state index < -0.39 is 17.1 Å². The van der Waals surface area contributed by atoms with Crippen LogP contribution >= 0.6 is 11.8 Å². The number of amides is 1. The Morgan fingerprint density at radius 1 is 1.24 bits per heavy atom. The van der Waals surface area contributed by atoms with Gasteiger partial charge in [-0.25, -0.2) is 0 Å². The lowest BCUT2D eigenvalue weighted by atomic mass is 10.2. The van der Waals surface area contributed by atoms with Gasteiger partial charge in [-0.1, -0.05) is 11.8 Å². The van der Waals surface area contributed by atoms with Crippen molar-refractivity contribution in [2.24, 2.45) is 10.2 Å². The van der Waals surface area contributed by atoms with Crippen LogP contribution in [0, 0.1) is 0 Å². The van der Waals surface area contributed by atoms with Gasteiger partial charge in [0.1, 0.15) is 11.0 Å². The Bertz CT molecular complexity index is 734. The summed E-state index contributed by atoms with van der Waals surface area (Å²) in [6, 6.07) is 3.33. The van der Waals surface area contributed by atoms with E-state index >= 15 is 0 Å². The average Bonchev–Trinajstić information content (AvgIpc) is 2.93. The third-order valence-electron chi connectivity index (χ3n) is 3.22. The summed E-state index contributed by atoms with van der Waals surface area (Å²) in [6.45, 7) is 0. The first-order valence-corrected chi connectivity index (χ1v) is 7.96. The van der Waals surface area contributed by atoms with Gasteiger partial charge in [0.25, 0.3) is 0 Å². The number of hydrogen-bond donors (Lipinski definition) is 2. The number of methoxy groups -OCH3 is 3. The molecule has 1 aromatic rings. The van der Waals surface area contributed by atoms with Crippen LogP contribution < -0.4 is 19.5 Å². The Hall–Kier alpha value is -2.75. The van der Waals surface area contributed by atoms with Crippen molar-refractivity contribution in [1.29, 1.82) is 0 Å². The summed E-state index contributed by atoms with van der Waals surface area (Å²) in [6.07, 6.45) is 1.16. The standard InChI is InChI=1S/C15H17N3O6S/c1-22-9-5-11(24-3)10(23-2)4-8(9)7-16-18-15-17-14(21)12(25-15)6-13(19)20/h4-5,7,12H,6H2,1-3H3,(H,19,20)(H,17,18,21). The lowest BCUT2D eigenvalue weighted by molar-refractivity contribution is -0.138. The summed E-state index contributed by atoms with van der Waals surface area (Å²) in [5, 5.41) is 18.6. The molecule has 0 spiro atoms. The maximum absolute atomic E-state index is 11.6. The number of carbonyl (C=O) groups is 2. The van der Waals surface area contributed by atoms with E-state index in [-0.39, 0.29) is 11.6 Å². The topological polar surface area (TPSA) is 119 Å². The molecule has 1 aliphatic rings. The molecular formula is C15H17N3O6S. The van der Waals surface area contributed by atoms with E-state index in [0.717, 1.165) is 11.8 Å². The van der Waals surface area contributed by atoms with Crippen molar-refractivity contribution in [2.45, 2.75) is 11.7 Å². The Balaban J connectivity index is 2.16. The van der Waals surface area contributed by atoms with Gasteiger partial charge in [-0.3, -0.25) is 9.59 Å². The zero-order valence-electron chi connectivity index (χ0n) is 13.8. The summed E-state index contributed by atoms with van der Waals surface area (Å²) in [5.74, 6) is 0.0754. The van der Waals surface area contributed by atoms with Gasteiger partial charge in [0.2, 0.25) is 5.91 Å². The summed E-state index contributed by atoms with van der Waals surface area (Å²) in [4.78, 5) is 22.3. The largest absolute Gasteiger partial charge is 0.496 e. The molecule has 0 saturated carbocycles. The molecule has 1 unspecified atom stereocenters. The van der Waals surface area contributed by atoms with Gasteiger partial charge in [-0.05, 0) is 6.07 Å². The third kappa shape index (κ3) is 4.63. The fourth-order valence-corrected chi connectivity index (χ4v) is 2.96. The molecule has 1 saturated heterocycles. The van der Waals surface area contributed by atoms with Crippen molar-refractivity contribution in [1.82, 2.24) is 5.32 Å². The third-order valence-corrected chi connectivity index (χ3v) is 4.29. The van der Waals surface area contributed by atoms with Gasteiger partial charge in [0.15, 0.2) is 16.7 Å². The second-order valence-corrected chi connectivity index (χ2v) is 5.98. The number of carbonyl (C=O) groups excluding carboxylic acids is 1. The SMILES string of the molecule is COc1cc(OC)c(OC)cc1C=N/N=C1/NC(=O)C(CC(=O)O)S1. The van der Waals surface area contributed by atoms with E-state index in [1.54, 1.807) is 12.1 Å². The van der Waals surface area contributed by atoms with Gasteiger partial charge in [0, 0.05) is 11.6 Å². The molecule has 1 aliphatic heterocycles. The first kappa shape index (κ1) is 18.6. The van der Waals surface area contributed by atoms with Crippen molar-refractivity contribution in [2.75, 3.05) is 21.3 Å². The predicted molar refractivity (Wildman–Crippen MR) is 92.9 cm³/mol. The van der Waals surface area contributed by atoms with Gasteiger partial charge >= 0.3 is 5.97 Å². The summed E-state index contributed by atoms with van der Waals surface area (Å²) >= 11 is 1.02. The zero-order chi connectivity index (χ0) is 18.4. The van der Waals surface area contributed by atoms with Crippen molar-refractivity contribution < 1.29 is 28.9 Å². The number of benzene rings is 1. The number of rotatable bonds is 7. The van der Waals surface area contributed by atoms with Gasteiger partial charge in [-0.15, -0.1) is 5.10 Å². The van der Waals surface area contributed by atoms with Crippen molar-refractivity contribution >= 4 is 35.0 Å². The Labute approximate surface area is 148 Å². The summed E-state index contributed by atoms with van der Waals surface area (Å²) in [5.41, 5.74) is 0.598. The van der Waals surface area contributed by atoms with Gasteiger partial charge in [-0.2, -0.15) is 5.10 Å². The van der Waals surface area contributed by atoms with E-state index in [4.69, 9.17) is 19.3 Å². The molecule has 2 rings (SSSR count). The van der Waals surface area contributed by atoms with Crippen LogP contribution in [0.3, 0.4) is 0 Å². The molecule has 0 radical (unpaired) electrons. The maximum Gasteiger partial charge on any atom is 0.305 e. The molecule has 0 aromatic heterocycles. The quantitative estimate of drug-likeness (QED) is 0.547. The van der Waals surface area contributed by atoms with Crippen LogP contribution in [0.4, 0.5) is 0 Å². The molecule has 0 aliphatic carbocycles. The van der Waals surface area contributed by atoms with Gasteiger partial charge < -0.3 is 24.6 Å². The van der Waals surface area contributed by atoms with E-state index in [1.807, 2.05) is 0 Å². The normalized spacial score (nSPS) is 18.4. The van der Waals surface area contributed by atoms with E-state index in [0.29, 0.717) is 22.8 Å². The molecular weight excluding hydrogens is 350 g/mol. The second-order valence-electron chi connectivity index (χ2n) is 4.79. The van der Waals surface area contributed by atoms with Crippen molar-refractivity contribution in [3.05, 3.63) is 17.7 Å². The molecule has 1 heterocycles. The number of nitrogens with zero attached hydrogens (tertiary/aromatic N) is 2. The molecule has 134 valence electrons. The maximum atomic E-state index is 11.6. The highest BCUT2D eigenvalue weighted by molar-refractivity contribution is 8.15. The lowest BCUT2D eigenvalue weighted by Gasteiger charge is -2.11.